The van der Waals surface area contributed by atoms with Gasteiger partial charge in [-0.3, -0.25) is 0 Å². The molecule has 0 radical (unpaired) electrons. The number of nitrogen functional groups attached to an aromatic ring is 1. The number of aromatic nitrogens is 1. The van der Waals surface area contributed by atoms with Crippen LogP contribution in [0, 0.1) is 0 Å². The van der Waals surface area contributed by atoms with Crippen LogP contribution in [-0.4, -0.2) is 31.2 Å². The molecule has 1 aromatic heterocycles. The summed E-state index contributed by atoms with van der Waals surface area (Å²) in [5, 5.41) is 4.17. The summed E-state index contributed by atoms with van der Waals surface area (Å²) in [5.41, 5.74) is 6.77. The Morgan fingerprint density at radius 3 is 2.65 bits per heavy atom. The normalized spacial score (nSPS) is 17.6. The third kappa shape index (κ3) is 2.59. The second-order valence-electron chi connectivity index (χ2n) is 4.58. The maximum atomic E-state index is 11.1. The molecular formula is C12H11ClN2O4S. The van der Waals surface area contributed by atoms with Crippen LogP contribution in [0.5, 0.6) is 5.75 Å². The minimum Gasteiger partial charge on any atom is -0.487 e. The van der Waals surface area contributed by atoms with Crippen molar-refractivity contribution < 1.29 is 17.7 Å². The predicted octanol–water partition coefficient (Wildman–Crippen LogP) is 1.75. The van der Waals surface area contributed by atoms with Crippen LogP contribution in [0.25, 0.3) is 11.3 Å². The molecule has 0 unspecified atom stereocenters. The second-order valence-corrected chi connectivity index (χ2v) is 7.14. The Kier molecular flexibility index (Phi) is 3.10. The maximum absolute atomic E-state index is 11.1. The van der Waals surface area contributed by atoms with Crippen LogP contribution >= 0.6 is 11.6 Å². The van der Waals surface area contributed by atoms with E-state index in [-0.39, 0.29) is 23.5 Å². The van der Waals surface area contributed by atoms with Gasteiger partial charge in [0.15, 0.2) is 9.84 Å². The van der Waals surface area contributed by atoms with Gasteiger partial charge in [-0.25, -0.2) is 8.42 Å². The molecule has 1 aromatic carbocycles. The minimum absolute atomic E-state index is 0.0326. The average Bonchev–Trinajstić information content (AvgIpc) is 2.76. The monoisotopic (exact) mass is 314 g/mol. The number of hydrogen-bond acceptors (Lipinski definition) is 6. The number of halogens is 1. The Morgan fingerprint density at radius 2 is 2.10 bits per heavy atom. The van der Waals surface area contributed by atoms with Gasteiger partial charge >= 0.3 is 0 Å². The van der Waals surface area contributed by atoms with E-state index in [1.165, 1.54) is 0 Å². The number of benzene rings is 1. The van der Waals surface area contributed by atoms with Crippen molar-refractivity contribution in [3.8, 4) is 17.0 Å². The van der Waals surface area contributed by atoms with E-state index in [0.717, 1.165) is 5.56 Å². The Labute approximate surface area is 120 Å². The Hall–Kier alpha value is -1.73. The van der Waals surface area contributed by atoms with E-state index in [1.807, 2.05) is 0 Å². The number of sulfone groups is 1. The molecular weight excluding hydrogens is 304 g/mol. The van der Waals surface area contributed by atoms with Crippen LogP contribution in [-0.2, 0) is 9.84 Å². The van der Waals surface area contributed by atoms with Crippen molar-refractivity contribution in [3.05, 3.63) is 29.3 Å². The van der Waals surface area contributed by atoms with E-state index in [1.54, 1.807) is 24.3 Å². The Bertz CT molecular complexity index is 745. The number of ether oxygens (including phenoxy) is 1. The molecule has 1 fully saturated rings. The smallest absolute Gasteiger partial charge is 0.222 e. The molecule has 0 amide bonds. The molecule has 0 bridgehead atoms. The number of rotatable bonds is 3. The highest BCUT2D eigenvalue weighted by Gasteiger charge is 2.35. The summed E-state index contributed by atoms with van der Waals surface area (Å²) in [6, 6.07) is 6.69. The summed E-state index contributed by atoms with van der Waals surface area (Å²) < 4.78 is 32.5. The van der Waals surface area contributed by atoms with Crippen molar-refractivity contribution in [3.63, 3.8) is 0 Å². The van der Waals surface area contributed by atoms with Crippen molar-refractivity contribution in [1.82, 2.24) is 5.16 Å². The first-order chi connectivity index (χ1) is 9.43. The van der Waals surface area contributed by atoms with Gasteiger partial charge in [0.2, 0.25) is 5.88 Å². The van der Waals surface area contributed by atoms with Gasteiger partial charge in [0.1, 0.15) is 17.5 Å². The fourth-order valence-corrected chi connectivity index (χ4v) is 3.34. The van der Waals surface area contributed by atoms with Crippen LogP contribution in [0.3, 0.4) is 0 Å². The maximum Gasteiger partial charge on any atom is 0.222 e. The average molecular weight is 315 g/mol. The molecule has 20 heavy (non-hydrogen) atoms. The van der Waals surface area contributed by atoms with E-state index in [0.29, 0.717) is 16.5 Å². The third-order valence-electron chi connectivity index (χ3n) is 2.93. The summed E-state index contributed by atoms with van der Waals surface area (Å²) in [6.45, 7) is 0. The highest BCUT2D eigenvalue weighted by Crippen LogP contribution is 2.32. The molecule has 1 aliphatic heterocycles. The van der Waals surface area contributed by atoms with Crippen molar-refractivity contribution in [2.75, 3.05) is 17.2 Å². The molecule has 1 saturated heterocycles. The van der Waals surface area contributed by atoms with E-state index >= 15 is 0 Å². The lowest BCUT2D eigenvalue weighted by Crippen LogP contribution is -2.45. The highest BCUT2D eigenvalue weighted by atomic mass is 35.5. The van der Waals surface area contributed by atoms with Gasteiger partial charge in [-0.05, 0) is 18.2 Å². The zero-order valence-corrected chi connectivity index (χ0v) is 11.8. The third-order valence-corrected chi connectivity index (χ3v) is 4.98. The second kappa shape index (κ2) is 4.68. The molecule has 2 aromatic rings. The van der Waals surface area contributed by atoms with E-state index in [4.69, 9.17) is 26.6 Å². The molecule has 0 aliphatic carbocycles. The van der Waals surface area contributed by atoms with Crippen molar-refractivity contribution in [1.29, 1.82) is 0 Å². The topological polar surface area (TPSA) is 95.4 Å². The van der Waals surface area contributed by atoms with Gasteiger partial charge in [-0.1, -0.05) is 16.8 Å². The standard InChI is InChI=1S/C12H11ClN2O4S/c13-9-3-7(10-4-12(14)19-15-10)1-2-11(9)18-8-5-20(16,17)6-8/h1-4,8H,5-6,14H2. The fraction of sp³-hybridized carbons (Fsp3) is 0.250. The lowest BCUT2D eigenvalue weighted by Gasteiger charge is -2.26. The molecule has 3 rings (SSSR count). The number of anilines is 1. The predicted molar refractivity (Wildman–Crippen MR) is 74.4 cm³/mol. The van der Waals surface area contributed by atoms with E-state index < -0.39 is 9.84 Å². The molecule has 106 valence electrons. The van der Waals surface area contributed by atoms with Gasteiger partial charge in [-0.2, -0.15) is 0 Å². The zero-order chi connectivity index (χ0) is 14.3. The molecule has 0 atom stereocenters. The minimum atomic E-state index is -2.92. The molecule has 6 nitrogen and oxygen atoms in total. The lowest BCUT2D eigenvalue weighted by atomic mass is 10.1. The van der Waals surface area contributed by atoms with Gasteiger partial charge in [0, 0.05) is 11.6 Å². The zero-order valence-electron chi connectivity index (χ0n) is 10.2. The summed E-state index contributed by atoms with van der Waals surface area (Å²) in [4.78, 5) is 0. The van der Waals surface area contributed by atoms with Gasteiger partial charge in [-0.15, -0.1) is 0 Å². The van der Waals surface area contributed by atoms with Crippen LogP contribution < -0.4 is 10.5 Å². The fourth-order valence-electron chi connectivity index (χ4n) is 1.95. The molecule has 8 heteroatoms. The first-order valence-corrected chi connectivity index (χ1v) is 8.02. The molecule has 1 aliphatic rings. The molecule has 0 saturated carbocycles. The first kappa shape index (κ1) is 13.3. The summed E-state index contributed by atoms with van der Waals surface area (Å²) >= 11 is 6.12. The van der Waals surface area contributed by atoms with Crippen molar-refractivity contribution >= 4 is 27.3 Å². The largest absolute Gasteiger partial charge is 0.487 e. The first-order valence-electron chi connectivity index (χ1n) is 5.82. The van der Waals surface area contributed by atoms with Crippen LogP contribution in [0.1, 0.15) is 0 Å². The van der Waals surface area contributed by atoms with E-state index in [9.17, 15) is 8.42 Å². The summed E-state index contributed by atoms with van der Waals surface area (Å²) in [6.07, 6.45) is -0.328. The van der Waals surface area contributed by atoms with Gasteiger partial charge in [0.25, 0.3) is 0 Å². The SMILES string of the molecule is Nc1cc(-c2ccc(OC3CS(=O)(=O)C3)c(Cl)c2)no1. The quantitative estimate of drug-likeness (QED) is 0.927. The van der Waals surface area contributed by atoms with Crippen LogP contribution in [0.15, 0.2) is 28.8 Å². The van der Waals surface area contributed by atoms with Crippen molar-refractivity contribution in [2.24, 2.45) is 0 Å². The lowest BCUT2D eigenvalue weighted by molar-refractivity contribution is 0.230. The van der Waals surface area contributed by atoms with E-state index in [2.05, 4.69) is 5.16 Å². The molecule has 0 spiro atoms. The Balaban J connectivity index is 1.78. The van der Waals surface area contributed by atoms with Crippen molar-refractivity contribution in [2.45, 2.75) is 6.10 Å². The number of hydrogen-bond donors (Lipinski definition) is 1. The number of nitrogens with two attached hydrogens (primary N) is 1. The molecule has 2 N–H and O–H groups in total. The van der Waals surface area contributed by atoms with Crippen LogP contribution in [0.2, 0.25) is 5.02 Å². The summed E-state index contributed by atoms with van der Waals surface area (Å²) in [5.74, 6) is 0.735. The Morgan fingerprint density at radius 1 is 1.35 bits per heavy atom. The summed E-state index contributed by atoms with van der Waals surface area (Å²) in [7, 11) is -2.92. The highest BCUT2D eigenvalue weighted by molar-refractivity contribution is 7.92. The number of nitrogens with zero attached hydrogens (tertiary/aromatic N) is 1. The molecule has 2 heterocycles. The van der Waals surface area contributed by atoms with Crippen LogP contribution in [0.4, 0.5) is 5.88 Å². The van der Waals surface area contributed by atoms with Gasteiger partial charge in [0.05, 0.1) is 16.5 Å². The van der Waals surface area contributed by atoms with Gasteiger partial charge < -0.3 is 15.0 Å².